The molecule has 0 aliphatic rings. The van der Waals surface area contributed by atoms with E-state index in [1.165, 1.54) is 0 Å². The van der Waals surface area contributed by atoms with Crippen LogP contribution in [0.25, 0.3) is 0 Å². The first-order valence-corrected chi connectivity index (χ1v) is 3.73. The van der Waals surface area contributed by atoms with Gasteiger partial charge < -0.3 is 0 Å². The number of hydrogen-bond donors (Lipinski definition) is 0. The van der Waals surface area contributed by atoms with Gasteiger partial charge in [-0.2, -0.15) is 0 Å². The zero-order valence-electron chi connectivity index (χ0n) is 4.96. The molecule has 1 aromatic carbocycles. The molecule has 0 aliphatic carbocycles. The van der Waals surface area contributed by atoms with E-state index in [1.807, 2.05) is 24.3 Å². The van der Waals surface area contributed by atoms with Gasteiger partial charge in [0.1, 0.15) is 0 Å². The monoisotopic (exact) mass is 218 g/mol. The third-order valence-electron chi connectivity index (χ3n) is 0.961. The van der Waals surface area contributed by atoms with Gasteiger partial charge in [-0.15, -0.1) is 5.11 Å². The first-order valence-electron chi connectivity index (χ1n) is 2.60. The first kappa shape index (κ1) is 7.69. The van der Waals surface area contributed by atoms with Crippen LogP contribution in [0.2, 0.25) is 0 Å². The van der Waals surface area contributed by atoms with E-state index in [9.17, 15) is 0 Å². The van der Waals surface area contributed by atoms with Gasteiger partial charge in [0.15, 0.2) is 0 Å². The van der Waals surface area contributed by atoms with Crippen LogP contribution in [-0.2, 0) is 0 Å². The van der Waals surface area contributed by atoms with Gasteiger partial charge in [0.2, 0.25) is 0 Å². The Labute approximate surface area is 72.2 Å². The van der Waals surface area contributed by atoms with Crippen LogP contribution in [0.1, 0.15) is 0 Å². The van der Waals surface area contributed by atoms with Crippen LogP contribution >= 0.6 is 27.7 Å². The molecule has 0 aromatic heterocycles. The fraction of sp³-hybridized carbons (Fsp3) is 0. The van der Waals surface area contributed by atoms with Crippen molar-refractivity contribution in [1.82, 2.24) is 0 Å². The minimum absolute atomic E-state index is 0.740. The highest BCUT2D eigenvalue weighted by Gasteiger charge is 1.88. The maximum atomic E-state index is 5.03. The lowest BCUT2D eigenvalue weighted by Crippen LogP contribution is -1.62. The van der Waals surface area contributed by atoms with Crippen molar-refractivity contribution in [2.45, 2.75) is 0 Å². The van der Waals surface area contributed by atoms with E-state index in [2.05, 4.69) is 25.7 Å². The van der Waals surface area contributed by atoms with Crippen molar-refractivity contribution in [2.24, 2.45) is 9.75 Å². The first-order chi connectivity index (χ1) is 4.83. The van der Waals surface area contributed by atoms with Crippen LogP contribution < -0.4 is 0 Å². The summed E-state index contributed by atoms with van der Waals surface area (Å²) in [6.07, 6.45) is 0. The summed E-state index contributed by atoms with van der Waals surface area (Å²) in [7, 11) is 0. The quantitative estimate of drug-likeness (QED) is 0.644. The van der Waals surface area contributed by atoms with Crippen molar-refractivity contribution in [3.8, 4) is 0 Å². The molecule has 0 aliphatic heterocycles. The summed E-state index contributed by atoms with van der Waals surface area (Å²) in [4.78, 5) is 0. The van der Waals surface area contributed by atoms with Gasteiger partial charge in [0.05, 0.1) is 17.5 Å². The van der Waals surface area contributed by atoms with Gasteiger partial charge in [-0.05, 0) is 18.2 Å². The van der Waals surface area contributed by atoms with E-state index in [0.717, 1.165) is 10.2 Å². The maximum absolute atomic E-state index is 5.03. The predicted molar refractivity (Wildman–Crippen MR) is 44.5 cm³/mol. The summed E-state index contributed by atoms with van der Waals surface area (Å²) in [5.41, 5.74) is 0.740. The summed E-state index contributed by atoms with van der Waals surface area (Å²) < 4.78 is 4.09. The molecule has 0 N–H and O–H groups in total. The summed E-state index contributed by atoms with van der Waals surface area (Å²) in [5.74, 6) is 0. The highest BCUT2D eigenvalue weighted by Crippen LogP contribution is 2.18. The molecule has 0 saturated heterocycles. The topological polar surface area (TPSA) is 24.7 Å². The third kappa shape index (κ3) is 2.08. The fourth-order valence-corrected chi connectivity index (χ4v) is 1.06. The molecule has 0 fully saturated rings. The zero-order chi connectivity index (χ0) is 7.40. The highest BCUT2D eigenvalue weighted by atomic mass is 79.9. The molecule has 52 valence electrons. The molecule has 1 aromatic rings. The summed E-state index contributed by atoms with van der Waals surface area (Å²) in [6.45, 7) is 0. The Morgan fingerprint density at radius 2 is 2.20 bits per heavy atom. The number of hydrogen-bond acceptors (Lipinski definition) is 2. The largest absolute Gasteiger partial charge is 0.138 e. The van der Waals surface area contributed by atoms with Gasteiger partial charge in [-0.3, -0.25) is 0 Å². The Bertz CT molecular complexity index is 249. The van der Waals surface area contributed by atoms with Gasteiger partial charge in [0, 0.05) is 4.47 Å². The molecular weight excluding hydrogens is 215 g/mol. The van der Waals surface area contributed by atoms with E-state index in [4.69, 9.17) is 11.8 Å². The second kappa shape index (κ2) is 3.68. The number of rotatable bonds is 1. The fourth-order valence-electron chi connectivity index (χ4n) is 0.582. The molecule has 0 amide bonds. The van der Waals surface area contributed by atoms with Crippen molar-refractivity contribution in [3.05, 3.63) is 28.7 Å². The van der Waals surface area contributed by atoms with Crippen molar-refractivity contribution >= 4 is 33.4 Å². The average molecular weight is 219 g/mol. The Morgan fingerprint density at radius 3 is 2.80 bits per heavy atom. The molecular formula is C6H4BrClN2. The molecule has 0 spiro atoms. The standard InChI is InChI=1S/C6H4BrClN2/c7-5-2-1-3-6(4-5)9-10-8/h1-4H. The molecule has 0 unspecified atom stereocenters. The molecule has 4 heteroatoms. The Morgan fingerprint density at radius 1 is 1.40 bits per heavy atom. The molecule has 0 radical (unpaired) electrons. The predicted octanol–water partition coefficient (Wildman–Crippen LogP) is 3.69. The number of benzene rings is 1. The molecule has 10 heavy (non-hydrogen) atoms. The maximum Gasteiger partial charge on any atom is 0.0879 e. The van der Waals surface area contributed by atoms with Crippen LogP contribution in [0.15, 0.2) is 38.5 Å². The molecule has 1 rings (SSSR count). The smallest absolute Gasteiger partial charge is 0.0879 e. The molecule has 0 heterocycles. The van der Waals surface area contributed by atoms with Gasteiger partial charge in [-0.1, -0.05) is 26.6 Å². The van der Waals surface area contributed by atoms with Gasteiger partial charge in [0.25, 0.3) is 0 Å². The van der Waals surface area contributed by atoms with Crippen LogP contribution in [0.3, 0.4) is 0 Å². The van der Waals surface area contributed by atoms with Crippen LogP contribution in [0.4, 0.5) is 5.69 Å². The minimum atomic E-state index is 0.740. The molecule has 0 atom stereocenters. The van der Waals surface area contributed by atoms with E-state index in [0.29, 0.717) is 0 Å². The second-order valence-corrected chi connectivity index (χ2v) is 2.72. The van der Waals surface area contributed by atoms with Crippen LogP contribution in [0, 0.1) is 0 Å². The average Bonchev–Trinajstić information content (AvgIpc) is 1.88. The van der Waals surface area contributed by atoms with Crippen molar-refractivity contribution in [1.29, 1.82) is 0 Å². The summed E-state index contributed by atoms with van der Waals surface area (Å²) in [5, 5.41) is 3.63. The zero-order valence-corrected chi connectivity index (χ0v) is 7.30. The number of halogens is 2. The number of nitrogens with zero attached hydrogens (tertiary/aromatic N) is 2. The van der Waals surface area contributed by atoms with E-state index in [1.54, 1.807) is 0 Å². The van der Waals surface area contributed by atoms with E-state index >= 15 is 0 Å². The van der Waals surface area contributed by atoms with E-state index in [-0.39, 0.29) is 0 Å². The van der Waals surface area contributed by atoms with Gasteiger partial charge >= 0.3 is 0 Å². The Hall–Kier alpha value is -0.410. The lowest BCUT2D eigenvalue weighted by Gasteiger charge is -1.89. The van der Waals surface area contributed by atoms with Crippen LogP contribution in [0.5, 0.6) is 0 Å². The molecule has 2 nitrogen and oxygen atoms in total. The lowest BCUT2D eigenvalue weighted by atomic mass is 10.3. The minimum Gasteiger partial charge on any atom is -0.138 e. The second-order valence-electron chi connectivity index (χ2n) is 1.66. The van der Waals surface area contributed by atoms with Crippen molar-refractivity contribution < 1.29 is 0 Å². The van der Waals surface area contributed by atoms with E-state index < -0.39 is 0 Å². The summed E-state index contributed by atoms with van der Waals surface area (Å²) in [6, 6.07) is 7.42. The van der Waals surface area contributed by atoms with Crippen molar-refractivity contribution in [2.75, 3.05) is 0 Å². The highest BCUT2D eigenvalue weighted by molar-refractivity contribution is 9.10. The molecule has 0 saturated carbocycles. The van der Waals surface area contributed by atoms with Gasteiger partial charge in [-0.25, -0.2) is 0 Å². The summed E-state index contributed by atoms with van der Waals surface area (Å²) >= 11 is 8.32. The SMILES string of the molecule is ClN=Nc1cccc(Br)c1. The lowest BCUT2D eigenvalue weighted by molar-refractivity contribution is 1.32. The third-order valence-corrected chi connectivity index (χ3v) is 1.53. The normalized spacial score (nSPS) is 10.6. The van der Waals surface area contributed by atoms with Crippen LogP contribution in [-0.4, -0.2) is 0 Å². The van der Waals surface area contributed by atoms with Crippen molar-refractivity contribution in [3.63, 3.8) is 0 Å². The Balaban J connectivity index is 2.95. The Kier molecular flexibility index (Phi) is 2.83. The molecule has 0 bridgehead atoms.